The highest BCUT2D eigenvalue weighted by Gasteiger charge is 2.56. The van der Waals surface area contributed by atoms with Gasteiger partial charge in [0.15, 0.2) is 0 Å². The Balaban J connectivity index is 1.80. The Bertz CT molecular complexity index is 590. The fourth-order valence-electron chi connectivity index (χ4n) is 3.20. The molecule has 130 valence electrons. The lowest BCUT2D eigenvalue weighted by Crippen LogP contribution is -2.48. The summed E-state index contributed by atoms with van der Waals surface area (Å²) in [6.45, 7) is 2.77. The first-order valence-electron chi connectivity index (χ1n) is 8.50. The minimum Gasteiger partial charge on any atom is -0.464 e. The molecule has 6 heteroatoms. The first kappa shape index (κ1) is 16.9. The van der Waals surface area contributed by atoms with Crippen molar-refractivity contribution in [3.05, 3.63) is 35.9 Å². The van der Waals surface area contributed by atoms with Gasteiger partial charge in [0.1, 0.15) is 0 Å². The molecule has 1 aromatic carbocycles. The molecular weight excluding hydrogens is 310 g/mol. The molecule has 0 bridgehead atoms. The number of esters is 1. The zero-order valence-electron chi connectivity index (χ0n) is 13.9. The predicted octanol–water partition coefficient (Wildman–Crippen LogP) is 2.22. The Morgan fingerprint density at radius 1 is 1.29 bits per heavy atom. The molecule has 2 unspecified atom stereocenters. The van der Waals surface area contributed by atoms with Crippen LogP contribution in [-0.4, -0.2) is 41.9 Å². The number of hydrogen-bond acceptors (Lipinski definition) is 5. The van der Waals surface area contributed by atoms with Gasteiger partial charge in [-0.1, -0.05) is 36.8 Å². The number of nitrogens with zero attached hydrogens (tertiary/aromatic N) is 1. The molecule has 0 radical (unpaired) electrons. The number of benzene rings is 1. The second kappa shape index (κ2) is 7.32. The fourth-order valence-corrected chi connectivity index (χ4v) is 3.20. The maximum absolute atomic E-state index is 12.6. The van der Waals surface area contributed by atoms with Crippen LogP contribution in [0.15, 0.2) is 30.3 Å². The van der Waals surface area contributed by atoms with Gasteiger partial charge in [0.25, 0.3) is 11.8 Å². The van der Waals surface area contributed by atoms with Crippen LogP contribution in [0.4, 0.5) is 0 Å². The van der Waals surface area contributed by atoms with E-state index in [9.17, 15) is 9.59 Å². The smallest absolute Gasteiger partial charge is 0.345 e. The maximum Gasteiger partial charge on any atom is 0.345 e. The molecule has 0 spiro atoms. The van der Waals surface area contributed by atoms with Crippen molar-refractivity contribution in [2.45, 2.75) is 51.2 Å². The van der Waals surface area contributed by atoms with Crippen LogP contribution in [0.3, 0.4) is 0 Å². The number of hydrogen-bond donors (Lipinski definition) is 0. The molecule has 2 aliphatic rings. The quantitative estimate of drug-likeness (QED) is 0.611. The normalized spacial score (nSPS) is 26.8. The van der Waals surface area contributed by atoms with Crippen molar-refractivity contribution in [2.75, 3.05) is 13.2 Å². The van der Waals surface area contributed by atoms with E-state index in [1.165, 1.54) is 0 Å². The minimum absolute atomic E-state index is 0.212. The van der Waals surface area contributed by atoms with Crippen molar-refractivity contribution in [2.24, 2.45) is 0 Å². The largest absolute Gasteiger partial charge is 0.464 e. The minimum atomic E-state index is -1.22. The third kappa shape index (κ3) is 3.30. The molecule has 0 aliphatic carbocycles. The number of carbonyl (C=O) groups is 2. The molecule has 1 amide bonds. The molecule has 2 heterocycles. The van der Waals surface area contributed by atoms with Gasteiger partial charge in [-0.3, -0.25) is 9.69 Å². The number of amides is 1. The maximum atomic E-state index is 12.6. The lowest BCUT2D eigenvalue weighted by molar-refractivity contribution is -0.291. The molecule has 2 fully saturated rings. The van der Waals surface area contributed by atoms with Gasteiger partial charge >= 0.3 is 5.97 Å². The molecule has 2 aliphatic heterocycles. The summed E-state index contributed by atoms with van der Waals surface area (Å²) in [4.78, 5) is 26.3. The van der Waals surface area contributed by atoms with Crippen LogP contribution in [-0.2, 0) is 30.4 Å². The van der Waals surface area contributed by atoms with E-state index in [2.05, 4.69) is 0 Å². The Hall–Kier alpha value is -1.92. The molecule has 0 aromatic heterocycles. The van der Waals surface area contributed by atoms with Gasteiger partial charge in [0, 0.05) is 13.0 Å². The molecule has 1 aromatic rings. The van der Waals surface area contributed by atoms with Gasteiger partial charge in [-0.15, -0.1) is 0 Å². The zero-order valence-corrected chi connectivity index (χ0v) is 13.9. The van der Waals surface area contributed by atoms with E-state index in [-0.39, 0.29) is 12.5 Å². The summed E-state index contributed by atoms with van der Waals surface area (Å²) in [6.07, 6.45) is 2.10. The van der Waals surface area contributed by atoms with E-state index in [0.29, 0.717) is 19.6 Å². The van der Waals surface area contributed by atoms with Gasteiger partial charge in [-0.25, -0.2) is 4.79 Å². The Kier molecular flexibility index (Phi) is 5.16. The van der Waals surface area contributed by atoms with Crippen molar-refractivity contribution >= 4 is 11.9 Å². The van der Waals surface area contributed by atoms with E-state index < -0.39 is 18.0 Å². The Morgan fingerprint density at radius 3 is 2.83 bits per heavy atom. The molecular formula is C18H23NO5. The van der Waals surface area contributed by atoms with Crippen molar-refractivity contribution in [1.82, 2.24) is 4.90 Å². The molecule has 6 nitrogen and oxygen atoms in total. The molecule has 24 heavy (non-hydrogen) atoms. The van der Waals surface area contributed by atoms with Crippen molar-refractivity contribution in [3.63, 3.8) is 0 Å². The lowest BCUT2D eigenvalue weighted by atomic mass is 10.2. The van der Waals surface area contributed by atoms with E-state index in [0.717, 1.165) is 24.8 Å². The van der Waals surface area contributed by atoms with Crippen LogP contribution in [0.25, 0.3) is 0 Å². The van der Waals surface area contributed by atoms with E-state index in [1.54, 1.807) is 11.8 Å². The van der Waals surface area contributed by atoms with Crippen LogP contribution < -0.4 is 0 Å². The molecule has 3 rings (SSSR count). The third-order valence-electron chi connectivity index (χ3n) is 4.39. The summed E-state index contributed by atoms with van der Waals surface area (Å²) < 4.78 is 16.9. The van der Waals surface area contributed by atoms with E-state index in [1.807, 2.05) is 30.3 Å². The Morgan fingerprint density at radius 2 is 2.08 bits per heavy atom. The fraction of sp³-hybridized carbons (Fsp3) is 0.556. The highest BCUT2D eigenvalue weighted by atomic mass is 16.7. The van der Waals surface area contributed by atoms with Crippen molar-refractivity contribution in [3.8, 4) is 0 Å². The first-order valence-corrected chi connectivity index (χ1v) is 8.50. The first-order chi connectivity index (χ1) is 11.7. The SMILES string of the molecule is CCOC(=O)C1OC2(OCc3ccccc3)CCCCCN2C1=O. The molecule has 0 N–H and O–H groups in total. The van der Waals surface area contributed by atoms with E-state index >= 15 is 0 Å². The highest BCUT2D eigenvalue weighted by Crippen LogP contribution is 2.38. The molecule has 0 saturated carbocycles. The monoisotopic (exact) mass is 333 g/mol. The van der Waals surface area contributed by atoms with Crippen LogP contribution in [0.1, 0.15) is 38.2 Å². The predicted molar refractivity (Wildman–Crippen MR) is 85.6 cm³/mol. The third-order valence-corrected chi connectivity index (χ3v) is 4.39. The highest BCUT2D eigenvalue weighted by molar-refractivity contribution is 6.02. The van der Waals surface area contributed by atoms with Crippen molar-refractivity contribution < 1.29 is 23.8 Å². The zero-order chi connectivity index (χ0) is 17.0. The van der Waals surface area contributed by atoms with Gasteiger partial charge in [-0.05, 0) is 25.3 Å². The van der Waals surface area contributed by atoms with Gasteiger partial charge in [0.2, 0.25) is 6.10 Å². The lowest BCUT2D eigenvalue weighted by Gasteiger charge is -2.34. The van der Waals surface area contributed by atoms with Gasteiger partial charge in [-0.2, -0.15) is 0 Å². The summed E-state index contributed by atoms with van der Waals surface area (Å²) in [6, 6.07) is 9.72. The van der Waals surface area contributed by atoms with Crippen LogP contribution in [0.2, 0.25) is 0 Å². The van der Waals surface area contributed by atoms with Gasteiger partial charge in [0.05, 0.1) is 13.2 Å². The topological polar surface area (TPSA) is 65.1 Å². The van der Waals surface area contributed by atoms with Gasteiger partial charge < -0.3 is 14.2 Å². The summed E-state index contributed by atoms with van der Waals surface area (Å²) in [5.74, 6) is -2.16. The summed E-state index contributed by atoms with van der Waals surface area (Å²) in [5, 5.41) is 0. The number of ether oxygens (including phenoxy) is 3. The standard InChI is InChI=1S/C18H23NO5/c1-2-22-17(21)15-16(20)19-12-8-4-7-11-18(19,24-15)23-13-14-9-5-3-6-10-14/h3,5-6,9-10,15H,2,4,7-8,11-13H2,1H3. The van der Waals surface area contributed by atoms with Crippen LogP contribution in [0, 0.1) is 0 Å². The van der Waals surface area contributed by atoms with Crippen molar-refractivity contribution in [1.29, 1.82) is 0 Å². The second-order valence-electron chi connectivity index (χ2n) is 6.04. The van der Waals surface area contributed by atoms with Crippen LogP contribution >= 0.6 is 0 Å². The Labute approximate surface area is 141 Å². The number of rotatable bonds is 5. The second-order valence-corrected chi connectivity index (χ2v) is 6.04. The van der Waals surface area contributed by atoms with E-state index in [4.69, 9.17) is 14.2 Å². The average molecular weight is 333 g/mol. The summed E-state index contributed by atoms with van der Waals surface area (Å²) in [7, 11) is 0. The molecule has 2 saturated heterocycles. The number of carbonyl (C=O) groups excluding carboxylic acids is 2. The summed E-state index contributed by atoms with van der Waals surface area (Å²) >= 11 is 0. The summed E-state index contributed by atoms with van der Waals surface area (Å²) in [5.41, 5.74) is 0.992. The number of fused-ring (bicyclic) bond motifs is 1. The molecule has 2 atom stereocenters. The average Bonchev–Trinajstić information content (AvgIpc) is 2.74. The van der Waals surface area contributed by atoms with Crippen LogP contribution in [0.5, 0.6) is 0 Å².